The molecule has 0 saturated carbocycles. The molecule has 2 rings (SSSR count). The van der Waals surface area contributed by atoms with Crippen molar-refractivity contribution in [2.75, 3.05) is 6.61 Å². The zero-order valence-electron chi connectivity index (χ0n) is 17.0. The van der Waals surface area contributed by atoms with Crippen LogP contribution in [0.15, 0.2) is 58.6 Å². The minimum Gasteiger partial charge on any atom is -0.488 e. The molecular weight excluding hydrogens is 505 g/mol. The van der Waals surface area contributed by atoms with E-state index in [2.05, 4.69) is 38.4 Å². The molecule has 1 unspecified atom stereocenters. The summed E-state index contributed by atoms with van der Waals surface area (Å²) in [4.78, 5) is 25.1. The second kappa shape index (κ2) is 11.9. The maximum Gasteiger partial charge on any atom is 0.262 e. The van der Waals surface area contributed by atoms with Gasteiger partial charge in [-0.15, -0.1) is 0 Å². The minimum absolute atomic E-state index is 0.169. The van der Waals surface area contributed by atoms with Crippen LogP contribution in [-0.4, -0.2) is 30.7 Å². The van der Waals surface area contributed by atoms with Crippen LogP contribution in [0.1, 0.15) is 29.8 Å². The normalized spacial score (nSPS) is 11.9. The third-order valence-corrected chi connectivity index (χ3v) is 5.48. The van der Waals surface area contributed by atoms with E-state index >= 15 is 0 Å². The molecule has 2 aromatic carbocycles. The van der Waals surface area contributed by atoms with Gasteiger partial charge in [-0.3, -0.25) is 9.59 Å². The van der Waals surface area contributed by atoms with Crippen molar-refractivity contribution in [1.29, 1.82) is 0 Å². The SMILES string of the molecule is C=CCOc1ccc(/C=N\NC(=O)C(NC(=O)c2ccc(Cl)c(Cl)c2)C(C)C)cc1Br. The van der Waals surface area contributed by atoms with Gasteiger partial charge in [-0.05, 0) is 63.8 Å². The molecule has 0 bridgehead atoms. The summed E-state index contributed by atoms with van der Waals surface area (Å²) in [7, 11) is 0. The van der Waals surface area contributed by atoms with Crippen LogP contribution < -0.4 is 15.5 Å². The zero-order chi connectivity index (χ0) is 23.0. The zero-order valence-corrected chi connectivity index (χ0v) is 20.1. The van der Waals surface area contributed by atoms with E-state index < -0.39 is 17.9 Å². The lowest BCUT2D eigenvalue weighted by molar-refractivity contribution is -0.123. The molecule has 0 aliphatic heterocycles. The van der Waals surface area contributed by atoms with Gasteiger partial charge in [0.1, 0.15) is 18.4 Å². The third kappa shape index (κ3) is 7.38. The van der Waals surface area contributed by atoms with Gasteiger partial charge >= 0.3 is 0 Å². The van der Waals surface area contributed by atoms with E-state index in [9.17, 15) is 9.59 Å². The van der Waals surface area contributed by atoms with Crippen LogP contribution in [0.2, 0.25) is 10.0 Å². The van der Waals surface area contributed by atoms with Gasteiger partial charge in [0.2, 0.25) is 0 Å². The van der Waals surface area contributed by atoms with E-state index in [1.54, 1.807) is 24.3 Å². The maximum atomic E-state index is 12.6. The second-order valence-corrected chi connectivity index (χ2v) is 8.52. The highest BCUT2D eigenvalue weighted by atomic mass is 79.9. The predicted octanol–water partition coefficient (Wildman–Crippen LogP) is 5.23. The fraction of sp³-hybridized carbons (Fsp3) is 0.227. The largest absolute Gasteiger partial charge is 0.488 e. The molecule has 9 heteroatoms. The number of rotatable bonds is 9. The lowest BCUT2D eigenvalue weighted by Gasteiger charge is -2.20. The second-order valence-electron chi connectivity index (χ2n) is 6.85. The monoisotopic (exact) mass is 525 g/mol. The first-order valence-corrected chi connectivity index (χ1v) is 10.9. The molecule has 2 amide bonds. The smallest absolute Gasteiger partial charge is 0.262 e. The Labute approximate surface area is 199 Å². The summed E-state index contributed by atoms with van der Waals surface area (Å²) in [5.41, 5.74) is 3.52. The summed E-state index contributed by atoms with van der Waals surface area (Å²) in [5.74, 6) is -0.372. The highest BCUT2D eigenvalue weighted by Gasteiger charge is 2.24. The highest BCUT2D eigenvalue weighted by molar-refractivity contribution is 9.10. The Hall–Kier alpha value is -2.35. The van der Waals surface area contributed by atoms with E-state index in [1.165, 1.54) is 24.4 Å². The third-order valence-electron chi connectivity index (χ3n) is 4.12. The fourth-order valence-electron chi connectivity index (χ4n) is 2.50. The Morgan fingerprint density at radius 3 is 2.55 bits per heavy atom. The Bertz CT molecular complexity index is 996. The van der Waals surface area contributed by atoms with Gasteiger partial charge in [-0.25, -0.2) is 5.43 Å². The van der Waals surface area contributed by atoms with E-state index in [-0.39, 0.29) is 10.9 Å². The number of carbonyl (C=O) groups excluding carboxylic acids is 2. The number of hydrogen-bond acceptors (Lipinski definition) is 4. The van der Waals surface area contributed by atoms with E-state index in [4.69, 9.17) is 27.9 Å². The lowest BCUT2D eigenvalue weighted by atomic mass is 10.0. The molecule has 0 aliphatic carbocycles. The molecule has 0 radical (unpaired) electrons. The number of nitrogens with one attached hydrogen (secondary N) is 2. The van der Waals surface area contributed by atoms with Gasteiger partial charge in [-0.1, -0.05) is 49.7 Å². The first-order chi connectivity index (χ1) is 14.7. The number of hydrazone groups is 1. The molecule has 2 aromatic rings. The van der Waals surface area contributed by atoms with Crippen molar-refractivity contribution >= 4 is 57.2 Å². The van der Waals surface area contributed by atoms with Crippen LogP contribution in [0.3, 0.4) is 0 Å². The maximum absolute atomic E-state index is 12.6. The van der Waals surface area contributed by atoms with Gasteiger partial charge in [0.15, 0.2) is 0 Å². The number of carbonyl (C=O) groups is 2. The molecule has 6 nitrogen and oxygen atoms in total. The Kier molecular flexibility index (Phi) is 9.55. The average molecular weight is 527 g/mol. The molecule has 0 fully saturated rings. The van der Waals surface area contributed by atoms with Crippen LogP contribution in [0.25, 0.3) is 0 Å². The fourth-order valence-corrected chi connectivity index (χ4v) is 3.31. The van der Waals surface area contributed by atoms with Crippen molar-refractivity contribution < 1.29 is 14.3 Å². The Morgan fingerprint density at radius 1 is 1.19 bits per heavy atom. The summed E-state index contributed by atoms with van der Waals surface area (Å²) < 4.78 is 6.24. The van der Waals surface area contributed by atoms with Crippen molar-refractivity contribution in [3.05, 3.63) is 74.7 Å². The minimum atomic E-state index is -0.791. The Balaban J connectivity index is 2.02. The molecule has 0 saturated heterocycles. The van der Waals surface area contributed by atoms with Gasteiger partial charge in [0.25, 0.3) is 11.8 Å². The molecule has 0 aliphatic rings. The van der Waals surface area contributed by atoms with Crippen LogP contribution in [0, 0.1) is 5.92 Å². The summed E-state index contributed by atoms with van der Waals surface area (Å²) in [6.45, 7) is 7.65. The average Bonchev–Trinajstić information content (AvgIpc) is 2.72. The predicted molar refractivity (Wildman–Crippen MR) is 128 cm³/mol. The lowest BCUT2D eigenvalue weighted by Crippen LogP contribution is -2.48. The topological polar surface area (TPSA) is 79.8 Å². The molecular formula is C22H22BrCl2N3O3. The molecule has 0 spiro atoms. The first kappa shape index (κ1) is 24.9. The number of halogens is 3. The quantitative estimate of drug-likeness (QED) is 0.267. The number of amides is 2. The van der Waals surface area contributed by atoms with Crippen molar-refractivity contribution in [3.8, 4) is 5.75 Å². The Morgan fingerprint density at radius 2 is 1.94 bits per heavy atom. The van der Waals surface area contributed by atoms with Crippen molar-refractivity contribution in [2.24, 2.45) is 11.0 Å². The molecule has 1 atom stereocenters. The number of nitrogens with zero attached hydrogens (tertiary/aromatic N) is 1. The highest BCUT2D eigenvalue weighted by Crippen LogP contribution is 2.25. The summed E-state index contributed by atoms with van der Waals surface area (Å²) >= 11 is 15.3. The summed E-state index contributed by atoms with van der Waals surface area (Å²) in [6.07, 6.45) is 3.15. The van der Waals surface area contributed by atoms with Gasteiger partial charge in [0, 0.05) is 5.56 Å². The summed E-state index contributed by atoms with van der Waals surface area (Å²) in [6, 6.07) is 9.11. The molecule has 31 heavy (non-hydrogen) atoms. The molecule has 2 N–H and O–H groups in total. The van der Waals surface area contributed by atoms with Crippen molar-refractivity contribution in [2.45, 2.75) is 19.9 Å². The van der Waals surface area contributed by atoms with Crippen LogP contribution >= 0.6 is 39.1 Å². The van der Waals surface area contributed by atoms with E-state index in [1.807, 2.05) is 13.8 Å². The van der Waals surface area contributed by atoms with Gasteiger partial charge in [0.05, 0.1) is 20.7 Å². The molecule has 164 valence electrons. The first-order valence-electron chi connectivity index (χ1n) is 9.35. The van der Waals surface area contributed by atoms with Crippen molar-refractivity contribution in [1.82, 2.24) is 10.7 Å². The molecule has 0 heterocycles. The number of hydrogen-bond donors (Lipinski definition) is 2. The van der Waals surface area contributed by atoms with E-state index in [0.717, 1.165) is 10.0 Å². The van der Waals surface area contributed by atoms with Gasteiger partial charge in [-0.2, -0.15) is 5.10 Å². The van der Waals surface area contributed by atoms with Crippen molar-refractivity contribution in [3.63, 3.8) is 0 Å². The standard InChI is InChI=1S/C22H22BrCl2N3O3/c1-4-9-31-19-8-5-14(10-16(19)23)12-26-28-22(30)20(13(2)3)27-21(29)15-6-7-17(24)18(25)11-15/h4-8,10-13,20H,1,9H2,2-3H3,(H,27,29)(H,28,30)/b26-12-. The summed E-state index contributed by atoms with van der Waals surface area (Å²) in [5, 5.41) is 7.30. The molecule has 0 aromatic heterocycles. The van der Waals surface area contributed by atoms with Crippen LogP contribution in [-0.2, 0) is 4.79 Å². The van der Waals surface area contributed by atoms with E-state index in [0.29, 0.717) is 22.9 Å². The number of benzene rings is 2. The number of ether oxygens (including phenoxy) is 1. The van der Waals surface area contributed by atoms with Gasteiger partial charge < -0.3 is 10.1 Å². The van der Waals surface area contributed by atoms with Crippen LogP contribution in [0.5, 0.6) is 5.75 Å². The van der Waals surface area contributed by atoms with Crippen LogP contribution in [0.4, 0.5) is 0 Å².